The average Bonchev–Trinajstić information content (AvgIpc) is 2.37. The van der Waals surface area contributed by atoms with E-state index in [1.54, 1.807) is 0 Å². The van der Waals surface area contributed by atoms with Gasteiger partial charge in [0, 0.05) is 24.8 Å². The first-order valence-electron chi connectivity index (χ1n) is 5.67. The molecule has 17 heavy (non-hydrogen) atoms. The fourth-order valence-corrected chi connectivity index (χ4v) is 2.21. The van der Waals surface area contributed by atoms with E-state index in [9.17, 15) is 4.79 Å². The zero-order chi connectivity index (χ0) is 12.5. The molecule has 0 bridgehead atoms. The van der Waals surface area contributed by atoms with Gasteiger partial charge in [0.25, 0.3) is 0 Å². The topological polar surface area (TPSA) is 20.3 Å². The number of aldehydes is 1. The summed E-state index contributed by atoms with van der Waals surface area (Å²) < 4.78 is 0. The highest BCUT2D eigenvalue weighted by Crippen LogP contribution is 2.08. The number of nitrogens with zero attached hydrogens (tertiary/aromatic N) is 1. The van der Waals surface area contributed by atoms with Crippen molar-refractivity contribution in [2.75, 3.05) is 24.8 Å². The summed E-state index contributed by atoms with van der Waals surface area (Å²) in [5.74, 6) is 1.02. The smallest absolute Gasteiger partial charge is 0.137 e. The predicted molar refractivity (Wildman–Crippen MR) is 73.0 cm³/mol. The van der Waals surface area contributed by atoms with Gasteiger partial charge in [-0.25, -0.2) is 0 Å². The number of hydrogen-bond donors (Lipinski definition) is 0. The number of halogens is 2. The van der Waals surface area contributed by atoms with Crippen LogP contribution < -0.4 is 0 Å². The summed E-state index contributed by atoms with van der Waals surface area (Å²) in [5.41, 5.74) is 1.15. The minimum Gasteiger partial charge on any atom is -0.302 e. The lowest BCUT2D eigenvalue weighted by Gasteiger charge is -2.26. The van der Waals surface area contributed by atoms with E-state index in [-0.39, 0.29) is 6.04 Å². The lowest BCUT2D eigenvalue weighted by molar-refractivity contribution is -0.112. The first-order chi connectivity index (χ1) is 8.31. The molecule has 0 spiro atoms. The van der Waals surface area contributed by atoms with Crippen LogP contribution in [0.1, 0.15) is 5.56 Å². The summed E-state index contributed by atoms with van der Waals surface area (Å²) in [6.45, 7) is 1.37. The molecule has 0 saturated heterocycles. The SMILES string of the molecule is O=CC(Cc1ccccc1)N(CCCl)CCCl. The summed E-state index contributed by atoms with van der Waals surface area (Å²) in [6.07, 6.45) is 1.68. The molecule has 0 amide bonds. The molecule has 1 atom stereocenters. The third-order valence-corrected chi connectivity index (χ3v) is 3.00. The van der Waals surface area contributed by atoms with Crippen LogP contribution in [0.3, 0.4) is 0 Å². The first kappa shape index (κ1) is 14.5. The van der Waals surface area contributed by atoms with Gasteiger partial charge in [-0.3, -0.25) is 4.90 Å². The minimum atomic E-state index is -0.144. The van der Waals surface area contributed by atoms with E-state index in [4.69, 9.17) is 23.2 Å². The van der Waals surface area contributed by atoms with Gasteiger partial charge in [0.05, 0.1) is 6.04 Å². The molecule has 1 unspecified atom stereocenters. The van der Waals surface area contributed by atoms with Crippen molar-refractivity contribution < 1.29 is 4.79 Å². The van der Waals surface area contributed by atoms with Gasteiger partial charge in [0.2, 0.25) is 0 Å². The molecule has 4 heteroatoms. The molecule has 0 aliphatic heterocycles. The van der Waals surface area contributed by atoms with Gasteiger partial charge < -0.3 is 4.79 Å². The van der Waals surface area contributed by atoms with Crippen molar-refractivity contribution in [3.8, 4) is 0 Å². The summed E-state index contributed by atoms with van der Waals surface area (Å²) in [6, 6.07) is 9.82. The highest BCUT2D eigenvalue weighted by molar-refractivity contribution is 6.18. The van der Waals surface area contributed by atoms with Gasteiger partial charge in [-0.2, -0.15) is 0 Å². The van der Waals surface area contributed by atoms with Crippen molar-refractivity contribution in [1.82, 2.24) is 4.90 Å². The molecule has 0 saturated carbocycles. The Bertz CT molecular complexity index is 312. The van der Waals surface area contributed by atoms with Gasteiger partial charge >= 0.3 is 0 Å². The largest absolute Gasteiger partial charge is 0.302 e. The van der Waals surface area contributed by atoms with Crippen LogP contribution >= 0.6 is 23.2 Å². The Kier molecular flexibility index (Phi) is 7.25. The summed E-state index contributed by atoms with van der Waals surface area (Å²) in [5, 5.41) is 0. The molecule has 0 aliphatic carbocycles. The third kappa shape index (κ3) is 5.07. The Hall–Kier alpha value is -0.570. The number of rotatable bonds is 8. The van der Waals surface area contributed by atoms with Gasteiger partial charge in [-0.15, -0.1) is 23.2 Å². The Morgan fingerprint density at radius 2 is 1.71 bits per heavy atom. The molecular weight excluding hydrogens is 257 g/mol. The van der Waals surface area contributed by atoms with Crippen LogP contribution in [-0.2, 0) is 11.2 Å². The van der Waals surface area contributed by atoms with Crippen molar-refractivity contribution in [3.63, 3.8) is 0 Å². The number of alkyl halides is 2. The average molecular weight is 274 g/mol. The number of hydrogen-bond acceptors (Lipinski definition) is 2. The third-order valence-electron chi connectivity index (χ3n) is 2.66. The molecule has 94 valence electrons. The first-order valence-corrected chi connectivity index (χ1v) is 6.74. The lowest BCUT2D eigenvalue weighted by atomic mass is 10.1. The quantitative estimate of drug-likeness (QED) is 0.536. The van der Waals surface area contributed by atoms with Crippen molar-refractivity contribution in [1.29, 1.82) is 0 Å². The van der Waals surface area contributed by atoms with E-state index in [2.05, 4.69) is 0 Å². The molecule has 0 radical (unpaired) electrons. The molecule has 0 aliphatic rings. The van der Waals surface area contributed by atoms with Gasteiger partial charge in [-0.05, 0) is 12.0 Å². The normalized spacial score (nSPS) is 12.6. The molecule has 1 rings (SSSR count). The van der Waals surface area contributed by atoms with Crippen LogP contribution in [0.25, 0.3) is 0 Å². The number of carbonyl (C=O) groups is 1. The van der Waals surface area contributed by atoms with E-state index < -0.39 is 0 Å². The van der Waals surface area contributed by atoms with Gasteiger partial charge in [0.15, 0.2) is 0 Å². The number of benzene rings is 1. The zero-order valence-electron chi connectivity index (χ0n) is 9.69. The van der Waals surface area contributed by atoms with Crippen LogP contribution in [-0.4, -0.2) is 42.1 Å². The highest BCUT2D eigenvalue weighted by atomic mass is 35.5. The van der Waals surface area contributed by atoms with E-state index in [0.717, 1.165) is 11.8 Å². The maximum absolute atomic E-state index is 11.2. The van der Waals surface area contributed by atoms with Crippen LogP contribution in [0.15, 0.2) is 30.3 Å². The number of carbonyl (C=O) groups excluding carboxylic acids is 1. The van der Waals surface area contributed by atoms with E-state index in [1.165, 1.54) is 0 Å². The Morgan fingerprint density at radius 3 is 2.18 bits per heavy atom. The van der Waals surface area contributed by atoms with Gasteiger partial charge in [-0.1, -0.05) is 30.3 Å². The standard InChI is InChI=1S/C13H17Cl2NO/c14-6-8-16(9-7-15)13(11-17)10-12-4-2-1-3-5-12/h1-5,11,13H,6-10H2. The predicted octanol–water partition coefficient (Wildman–Crippen LogP) is 2.58. The molecule has 0 fully saturated rings. The lowest BCUT2D eigenvalue weighted by Crippen LogP contribution is -2.40. The Morgan fingerprint density at radius 1 is 1.12 bits per heavy atom. The molecule has 1 aromatic rings. The molecule has 0 N–H and O–H groups in total. The van der Waals surface area contributed by atoms with Crippen LogP contribution in [0.2, 0.25) is 0 Å². The van der Waals surface area contributed by atoms with Crippen molar-refractivity contribution in [2.24, 2.45) is 0 Å². The van der Waals surface area contributed by atoms with E-state index in [0.29, 0.717) is 31.3 Å². The van der Waals surface area contributed by atoms with Crippen molar-refractivity contribution in [3.05, 3.63) is 35.9 Å². The van der Waals surface area contributed by atoms with Crippen molar-refractivity contribution >= 4 is 29.5 Å². The monoisotopic (exact) mass is 273 g/mol. The van der Waals surface area contributed by atoms with Gasteiger partial charge in [0.1, 0.15) is 6.29 Å². The second-order valence-electron chi connectivity index (χ2n) is 3.81. The Labute approximate surface area is 113 Å². The minimum absolute atomic E-state index is 0.144. The van der Waals surface area contributed by atoms with Crippen LogP contribution in [0.5, 0.6) is 0 Å². The van der Waals surface area contributed by atoms with Crippen LogP contribution in [0, 0.1) is 0 Å². The fourth-order valence-electron chi connectivity index (χ4n) is 1.78. The second-order valence-corrected chi connectivity index (χ2v) is 4.56. The molecule has 0 heterocycles. The zero-order valence-corrected chi connectivity index (χ0v) is 11.2. The second kappa shape index (κ2) is 8.51. The molecule has 1 aromatic carbocycles. The molecular formula is C13H17Cl2NO. The maximum Gasteiger partial charge on any atom is 0.137 e. The Balaban J connectivity index is 2.65. The molecule has 0 aromatic heterocycles. The summed E-state index contributed by atoms with van der Waals surface area (Å²) in [7, 11) is 0. The van der Waals surface area contributed by atoms with Crippen molar-refractivity contribution in [2.45, 2.75) is 12.5 Å². The molecule has 2 nitrogen and oxygen atoms in total. The maximum atomic E-state index is 11.2. The summed E-state index contributed by atoms with van der Waals surface area (Å²) in [4.78, 5) is 13.2. The summed E-state index contributed by atoms with van der Waals surface area (Å²) >= 11 is 11.5. The highest BCUT2D eigenvalue weighted by Gasteiger charge is 2.17. The fraction of sp³-hybridized carbons (Fsp3) is 0.462. The van der Waals surface area contributed by atoms with E-state index >= 15 is 0 Å². The van der Waals surface area contributed by atoms with Crippen LogP contribution in [0.4, 0.5) is 0 Å². The van der Waals surface area contributed by atoms with E-state index in [1.807, 2.05) is 35.2 Å².